The maximum Gasteiger partial charge on any atom is 0.191 e. The summed E-state index contributed by atoms with van der Waals surface area (Å²) >= 11 is 1.64. The van der Waals surface area contributed by atoms with Gasteiger partial charge in [0.2, 0.25) is 0 Å². The molecule has 25 heavy (non-hydrogen) atoms. The minimum Gasteiger partial charge on any atom is -0.386 e. The van der Waals surface area contributed by atoms with Crippen molar-refractivity contribution >= 4 is 27.4 Å². The molecule has 0 amide bonds. The lowest BCUT2D eigenvalue weighted by atomic mass is 10.2. The van der Waals surface area contributed by atoms with Gasteiger partial charge in [-0.25, -0.2) is 0 Å². The lowest BCUT2D eigenvalue weighted by Gasteiger charge is -2.25. The van der Waals surface area contributed by atoms with E-state index in [1.54, 1.807) is 18.4 Å². The van der Waals surface area contributed by atoms with Crippen LogP contribution in [0.2, 0.25) is 0 Å². The molecular formula is C19H28N4OS. The van der Waals surface area contributed by atoms with E-state index in [0.29, 0.717) is 12.6 Å². The third-order valence-corrected chi connectivity index (χ3v) is 6.06. The largest absolute Gasteiger partial charge is 0.386 e. The molecule has 2 aromatic rings. The second kappa shape index (κ2) is 8.17. The number of benzene rings is 1. The minimum atomic E-state index is -0.539. The van der Waals surface area contributed by atoms with Crippen LogP contribution < -0.4 is 10.6 Å². The fraction of sp³-hybridized carbons (Fsp3) is 0.526. The monoisotopic (exact) mass is 360 g/mol. The molecule has 0 radical (unpaired) electrons. The third-order valence-electron chi connectivity index (χ3n) is 4.84. The first-order valence-electron chi connectivity index (χ1n) is 8.91. The molecule has 1 heterocycles. The van der Waals surface area contributed by atoms with Crippen molar-refractivity contribution < 1.29 is 5.11 Å². The highest BCUT2D eigenvalue weighted by molar-refractivity contribution is 7.19. The molecule has 1 fully saturated rings. The van der Waals surface area contributed by atoms with Gasteiger partial charge in [-0.05, 0) is 44.3 Å². The van der Waals surface area contributed by atoms with Crippen LogP contribution >= 0.6 is 11.3 Å². The molecule has 3 N–H and O–H groups in total. The van der Waals surface area contributed by atoms with Crippen LogP contribution in [0.25, 0.3) is 10.1 Å². The van der Waals surface area contributed by atoms with Gasteiger partial charge in [0, 0.05) is 41.8 Å². The van der Waals surface area contributed by atoms with E-state index >= 15 is 0 Å². The van der Waals surface area contributed by atoms with Crippen LogP contribution in [-0.4, -0.2) is 55.2 Å². The van der Waals surface area contributed by atoms with Gasteiger partial charge in [0.25, 0.3) is 0 Å². The van der Waals surface area contributed by atoms with Crippen LogP contribution in [-0.2, 0) is 0 Å². The van der Waals surface area contributed by atoms with Gasteiger partial charge in [0.15, 0.2) is 5.96 Å². The van der Waals surface area contributed by atoms with Gasteiger partial charge in [-0.1, -0.05) is 18.2 Å². The van der Waals surface area contributed by atoms with Gasteiger partial charge in [-0.3, -0.25) is 9.89 Å². The van der Waals surface area contributed by atoms with Crippen LogP contribution in [0.4, 0.5) is 0 Å². The van der Waals surface area contributed by atoms with Gasteiger partial charge in [-0.15, -0.1) is 11.3 Å². The Balaban J connectivity index is 1.48. The number of guanidine groups is 1. The van der Waals surface area contributed by atoms with E-state index in [2.05, 4.69) is 52.7 Å². The number of nitrogens with zero attached hydrogens (tertiary/aromatic N) is 2. The Morgan fingerprint density at radius 2 is 2.04 bits per heavy atom. The highest BCUT2D eigenvalue weighted by Crippen LogP contribution is 2.29. The molecule has 1 saturated carbocycles. The normalized spacial score (nSPS) is 17.7. The molecule has 3 rings (SSSR count). The highest BCUT2D eigenvalue weighted by atomic mass is 32.1. The van der Waals surface area contributed by atoms with Crippen molar-refractivity contribution in [3.8, 4) is 0 Å². The lowest BCUT2D eigenvalue weighted by Crippen LogP contribution is -2.46. The van der Waals surface area contributed by atoms with E-state index in [0.717, 1.165) is 23.4 Å². The first kappa shape index (κ1) is 18.2. The summed E-state index contributed by atoms with van der Waals surface area (Å²) in [6.45, 7) is 3.51. The van der Waals surface area contributed by atoms with Gasteiger partial charge in [0.1, 0.15) is 6.10 Å². The summed E-state index contributed by atoms with van der Waals surface area (Å²) in [5, 5.41) is 18.2. The summed E-state index contributed by atoms with van der Waals surface area (Å²) < 4.78 is 1.20. The fourth-order valence-electron chi connectivity index (χ4n) is 2.91. The van der Waals surface area contributed by atoms with Crippen molar-refractivity contribution in [2.45, 2.75) is 38.0 Å². The summed E-state index contributed by atoms with van der Waals surface area (Å²) in [4.78, 5) is 7.66. The SMILES string of the molecule is CN=C(NCC(O)c1cc2ccccc2s1)NCC(C)N(C)C1CC1. The summed E-state index contributed by atoms with van der Waals surface area (Å²) in [7, 11) is 3.95. The van der Waals surface area contributed by atoms with Crippen molar-refractivity contribution in [2.75, 3.05) is 27.2 Å². The minimum absolute atomic E-state index is 0.444. The molecule has 0 aliphatic heterocycles. The number of nitrogens with one attached hydrogen (secondary N) is 2. The number of fused-ring (bicyclic) bond motifs is 1. The quantitative estimate of drug-likeness (QED) is 0.525. The molecule has 0 bridgehead atoms. The zero-order valence-electron chi connectivity index (χ0n) is 15.2. The van der Waals surface area contributed by atoms with Crippen molar-refractivity contribution in [2.24, 2.45) is 4.99 Å². The van der Waals surface area contributed by atoms with Gasteiger partial charge >= 0.3 is 0 Å². The molecule has 1 aliphatic carbocycles. The molecule has 5 nitrogen and oxygen atoms in total. The molecule has 0 saturated heterocycles. The second-order valence-electron chi connectivity index (χ2n) is 6.78. The van der Waals surface area contributed by atoms with Crippen LogP contribution in [0, 0.1) is 0 Å². The molecule has 136 valence electrons. The van der Waals surface area contributed by atoms with Gasteiger partial charge in [-0.2, -0.15) is 0 Å². The lowest BCUT2D eigenvalue weighted by molar-refractivity contribution is 0.184. The number of aliphatic hydroxyl groups excluding tert-OH is 1. The topological polar surface area (TPSA) is 59.9 Å². The highest BCUT2D eigenvalue weighted by Gasteiger charge is 2.29. The number of aliphatic hydroxyl groups is 1. The van der Waals surface area contributed by atoms with E-state index in [9.17, 15) is 5.11 Å². The molecule has 1 aromatic carbocycles. The van der Waals surface area contributed by atoms with Crippen LogP contribution in [0.3, 0.4) is 0 Å². The summed E-state index contributed by atoms with van der Waals surface area (Å²) in [6, 6.07) is 11.5. The molecule has 2 unspecified atom stereocenters. The Kier molecular flexibility index (Phi) is 5.93. The molecule has 2 atom stereocenters. The summed E-state index contributed by atoms with van der Waals surface area (Å²) in [5.41, 5.74) is 0. The standard InChI is InChI=1S/C19H28N4OS/c1-13(23(3)15-8-9-15)11-21-19(20-2)22-12-16(24)18-10-14-6-4-5-7-17(14)25-18/h4-7,10,13,15-16,24H,8-9,11-12H2,1-3H3,(H2,20,21,22). The average Bonchev–Trinajstić information content (AvgIpc) is 3.38. The van der Waals surface area contributed by atoms with Crippen molar-refractivity contribution in [1.29, 1.82) is 0 Å². The number of likely N-dealkylation sites (N-methyl/N-ethyl adjacent to an activating group) is 1. The van der Waals surface area contributed by atoms with Gasteiger partial charge in [0.05, 0.1) is 0 Å². The van der Waals surface area contributed by atoms with E-state index in [-0.39, 0.29) is 0 Å². The Labute approximate surface area is 153 Å². The van der Waals surface area contributed by atoms with Crippen LogP contribution in [0.5, 0.6) is 0 Å². The first-order valence-corrected chi connectivity index (χ1v) is 9.73. The molecule has 1 aromatic heterocycles. The zero-order chi connectivity index (χ0) is 17.8. The predicted molar refractivity (Wildman–Crippen MR) is 106 cm³/mol. The zero-order valence-corrected chi connectivity index (χ0v) is 16.0. The Hall–Kier alpha value is -1.63. The maximum absolute atomic E-state index is 10.5. The summed E-state index contributed by atoms with van der Waals surface area (Å²) in [5.74, 6) is 0.733. The van der Waals surface area contributed by atoms with Crippen molar-refractivity contribution in [1.82, 2.24) is 15.5 Å². The summed E-state index contributed by atoms with van der Waals surface area (Å²) in [6.07, 6.45) is 2.09. The molecule has 0 spiro atoms. The molecule has 1 aliphatic rings. The number of hydrogen-bond acceptors (Lipinski definition) is 4. The third kappa shape index (κ3) is 4.71. The van der Waals surface area contributed by atoms with Crippen molar-refractivity contribution in [3.05, 3.63) is 35.2 Å². The van der Waals surface area contributed by atoms with E-state index in [4.69, 9.17) is 0 Å². The maximum atomic E-state index is 10.5. The Bertz CT molecular complexity index is 692. The average molecular weight is 361 g/mol. The Morgan fingerprint density at radius 1 is 1.32 bits per heavy atom. The van der Waals surface area contributed by atoms with Crippen LogP contribution in [0.1, 0.15) is 30.7 Å². The second-order valence-corrected chi connectivity index (χ2v) is 7.90. The molecular weight excluding hydrogens is 332 g/mol. The number of aliphatic imine (C=N–C) groups is 1. The molecule has 6 heteroatoms. The number of rotatable bonds is 7. The fourth-order valence-corrected chi connectivity index (χ4v) is 3.96. The smallest absolute Gasteiger partial charge is 0.191 e. The van der Waals surface area contributed by atoms with E-state index in [1.165, 1.54) is 22.9 Å². The van der Waals surface area contributed by atoms with E-state index < -0.39 is 6.10 Å². The first-order chi connectivity index (χ1) is 12.1. The van der Waals surface area contributed by atoms with Gasteiger partial charge < -0.3 is 15.7 Å². The predicted octanol–water partition coefficient (Wildman–Crippen LogP) is 2.58. The number of hydrogen-bond donors (Lipinski definition) is 3. The van der Waals surface area contributed by atoms with Crippen LogP contribution in [0.15, 0.2) is 35.3 Å². The van der Waals surface area contributed by atoms with E-state index in [1.807, 2.05) is 12.1 Å². The number of thiophene rings is 1. The Morgan fingerprint density at radius 3 is 2.72 bits per heavy atom. The van der Waals surface area contributed by atoms with Crippen molar-refractivity contribution in [3.63, 3.8) is 0 Å².